The third-order valence-electron chi connectivity index (χ3n) is 3.40. The topological polar surface area (TPSA) is 57.6 Å². The molecule has 1 rings (SSSR count). The van der Waals surface area contributed by atoms with E-state index in [0.717, 1.165) is 12.8 Å². The van der Waals surface area contributed by atoms with Crippen molar-refractivity contribution in [2.24, 2.45) is 5.92 Å². The summed E-state index contributed by atoms with van der Waals surface area (Å²) in [5.41, 5.74) is -0.986. The van der Waals surface area contributed by atoms with Crippen LogP contribution in [0.4, 0.5) is 0 Å². The molecule has 0 aromatic rings. The summed E-state index contributed by atoms with van der Waals surface area (Å²) in [6, 6.07) is 0. The van der Waals surface area contributed by atoms with Crippen LogP contribution >= 0.6 is 0 Å². The van der Waals surface area contributed by atoms with E-state index in [1.54, 1.807) is 6.92 Å². The number of hydrogen-bond donors (Lipinski definition) is 1. The second kappa shape index (κ2) is 4.21. The van der Waals surface area contributed by atoms with Crippen molar-refractivity contribution >= 4 is 11.9 Å². The summed E-state index contributed by atoms with van der Waals surface area (Å²) >= 11 is 0. The molecule has 1 saturated heterocycles. The number of carboxylic acids is 1. The van der Waals surface area contributed by atoms with Gasteiger partial charge in [0, 0.05) is 12.5 Å². The van der Waals surface area contributed by atoms with Crippen molar-refractivity contribution in [3.8, 4) is 0 Å². The Balaban J connectivity index is 2.86. The van der Waals surface area contributed by atoms with Crippen molar-refractivity contribution in [3.05, 3.63) is 0 Å². The van der Waals surface area contributed by atoms with Gasteiger partial charge in [-0.2, -0.15) is 0 Å². The molecule has 0 aromatic heterocycles. The van der Waals surface area contributed by atoms with Crippen LogP contribution in [0.3, 0.4) is 0 Å². The molecular weight excluding hydrogens is 194 g/mol. The molecule has 2 atom stereocenters. The number of carbonyl (C=O) groups excluding carboxylic acids is 1. The van der Waals surface area contributed by atoms with Crippen LogP contribution in [0.5, 0.6) is 0 Å². The minimum Gasteiger partial charge on any atom is -0.480 e. The fraction of sp³-hybridized carbons (Fsp3) is 0.818. The van der Waals surface area contributed by atoms with Crippen LogP contribution in [0.15, 0.2) is 0 Å². The van der Waals surface area contributed by atoms with E-state index in [-0.39, 0.29) is 11.8 Å². The molecule has 0 spiro atoms. The van der Waals surface area contributed by atoms with Crippen LogP contribution < -0.4 is 0 Å². The number of aliphatic carboxylic acids is 1. The van der Waals surface area contributed by atoms with E-state index in [9.17, 15) is 9.59 Å². The Morgan fingerprint density at radius 2 is 2.13 bits per heavy atom. The SMILES string of the molecule is CCC(C)C(=O)N1CCCC1(C)C(=O)O. The highest BCUT2D eigenvalue weighted by Crippen LogP contribution is 2.30. The monoisotopic (exact) mass is 213 g/mol. The number of amides is 1. The lowest BCUT2D eigenvalue weighted by atomic mass is 9.97. The molecule has 15 heavy (non-hydrogen) atoms. The smallest absolute Gasteiger partial charge is 0.329 e. The standard InChI is InChI=1S/C11H19NO3/c1-4-8(2)9(13)12-7-5-6-11(12,3)10(14)15/h8H,4-7H2,1-3H3,(H,14,15). The van der Waals surface area contributed by atoms with Gasteiger partial charge in [0.1, 0.15) is 5.54 Å². The van der Waals surface area contributed by atoms with Gasteiger partial charge in [-0.05, 0) is 26.2 Å². The third-order valence-corrected chi connectivity index (χ3v) is 3.40. The summed E-state index contributed by atoms with van der Waals surface area (Å²) in [6.07, 6.45) is 2.10. The number of hydrogen-bond acceptors (Lipinski definition) is 2. The van der Waals surface area contributed by atoms with Crippen LogP contribution in [-0.4, -0.2) is 34.0 Å². The minimum atomic E-state index is -0.986. The summed E-state index contributed by atoms with van der Waals surface area (Å²) in [7, 11) is 0. The summed E-state index contributed by atoms with van der Waals surface area (Å²) in [5, 5.41) is 9.15. The van der Waals surface area contributed by atoms with E-state index in [2.05, 4.69) is 0 Å². The normalized spacial score (nSPS) is 27.8. The van der Waals surface area contributed by atoms with Crippen molar-refractivity contribution < 1.29 is 14.7 Å². The van der Waals surface area contributed by atoms with Crippen LogP contribution in [0, 0.1) is 5.92 Å². The lowest BCUT2D eigenvalue weighted by molar-refractivity contribution is -0.156. The predicted molar refractivity (Wildman–Crippen MR) is 56.4 cm³/mol. The molecule has 0 aromatic carbocycles. The second-order valence-corrected chi connectivity index (χ2v) is 4.48. The molecule has 1 fully saturated rings. The maximum atomic E-state index is 12.0. The van der Waals surface area contributed by atoms with Gasteiger partial charge in [-0.1, -0.05) is 13.8 Å². The highest BCUT2D eigenvalue weighted by molar-refractivity contribution is 5.88. The maximum absolute atomic E-state index is 12.0. The zero-order chi connectivity index (χ0) is 11.6. The number of likely N-dealkylation sites (tertiary alicyclic amines) is 1. The Labute approximate surface area is 90.3 Å². The molecule has 1 aliphatic rings. The quantitative estimate of drug-likeness (QED) is 0.772. The lowest BCUT2D eigenvalue weighted by Gasteiger charge is -2.33. The molecule has 4 nitrogen and oxygen atoms in total. The lowest BCUT2D eigenvalue weighted by Crippen LogP contribution is -2.52. The van der Waals surface area contributed by atoms with Crippen LogP contribution in [0.25, 0.3) is 0 Å². The van der Waals surface area contributed by atoms with E-state index in [4.69, 9.17) is 5.11 Å². The average molecular weight is 213 g/mol. The first-order valence-corrected chi connectivity index (χ1v) is 5.48. The minimum absolute atomic E-state index is 0.0279. The van der Waals surface area contributed by atoms with E-state index in [1.807, 2.05) is 13.8 Å². The van der Waals surface area contributed by atoms with E-state index in [1.165, 1.54) is 4.90 Å². The van der Waals surface area contributed by atoms with Crippen LogP contribution in [0.2, 0.25) is 0 Å². The molecule has 0 bridgehead atoms. The highest BCUT2D eigenvalue weighted by atomic mass is 16.4. The Hall–Kier alpha value is -1.06. The molecule has 0 saturated carbocycles. The first-order valence-electron chi connectivity index (χ1n) is 5.48. The van der Waals surface area contributed by atoms with Gasteiger partial charge in [0.2, 0.25) is 5.91 Å². The molecule has 1 N–H and O–H groups in total. The van der Waals surface area contributed by atoms with Crippen molar-refractivity contribution in [3.63, 3.8) is 0 Å². The Bertz CT molecular complexity index is 277. The molecule has 0 radical (unpaired) electrons. The number of carboxylic acid groups (broad SMARTS) is 1. The van der Waals surface area contributed by atoms with Crippen molar-refractivity contribution in [2.45, 2.75) is 45.6 Å². The van der Waals surface area contributed by atoms with Crippen molar-refractivity contribution in [1.82, 2.24) is 4.90 Å². The van der Waals surface area contributed by atoms with E-state index in [0.29, 0.717) is 13.0 Å². The molecule has 1 aliphatic heterocycles. The zero-order valence-electron chi connectivity index (χ0n) is 9.62. The number of rotatable bonds is 3. The summed E-state index contributed by atoms with van der Waals surface area (Å²) in [5.74, 6) is -1.00. The van der Waals surface area contributed by atoms with Crippen molar-refractivity contribution in [1.29, 1.82) is 0 Å². The predicted octanol–water partition coefficient (Wildman–Crippen LogP) is 1.50. The average Bonchev–Trinajstić information content (AvgIpc) is 2.59. The molecular formula is C11H19NO3. The van der Waals surface area contributed by atoms with Crippen LogP contribution in [-0.2, 0) is 9.59 Å². The van der Waals surface area contributed by atoms with Gasteiger partial charge < -0.3 is 10.0 Å². The van der Waals surface area contributed by atoms with Gasteiger partial charge >= 0.3 is 5.97 Å². The van der Waals surface area contributed by atoms with Gasteiger partial charge in [0.15, 0.2) is 0 Å². The van der Waals surface area contributed by atoms with Gasteiger partial charge in [-0.15, -0.1) is 0 Å². The van der Waals surface area contributed by atoms with Gasteiger partial charge in [-0.3, -0.25) is 4.79 Å². The number of carbonyl (C=O) groups is 2. The number of nitrogens with zero attached hydrogens (tertiary/aromatic N) is 1. The van der Waals surface area contributed by atoms with Crippen LogP contribution in [0.1, 0.15) is 40.0 Å². The van der Waals surface area contributed by atoms with Gasteiger partial charge in [-0.25, -0.2) is 4.79 Å². The Morgan fingerprint density at radius 3 is 2.60 bits per heavy atom. The van der Waals surface area contributed by atoms with E-state index < -0.39 is 11.5 Å². The molecule has 2 unspecified atom stereocenters. The highest BCUT2D eigenvalue weighted by Gasteiger charge is 2.46. The van der Waals surface area contributed by atoms with Crippen molar-refractivity contribution in [2.75, 3.05) is 6.54 Å². The maximum Gasteiger partial charge on any atom is 0.329 e. The summed E-state index contributed by atoms with van der Waals surface area (Å²) in [4.78, 5) is 24.6. The Morgan fingerprint density at radius 1 is 1.53 bits per heavy atom. The molecule has 86 valence electrons. The third kappa shape index (κ3) is 1.98. The van der Waals surface area contributed by atoms with Gasteiger partial charge in [0.05, 0.1) is 0 Å². The largest absolute Gasteiger partial charge is 0.480 e. The molecule has 1 heterocycles. The molecule has 4 heteroatoms. The molecule has 1 amide bonds. The summed E-state index contributed by atoms with van der Waals surface area (Å²) in [6.45, 7) is 6.01. The Kier molecular flexibility index (Phi) is 3.37. The van der Waals surface area contributed by atoms with Gasteiger partial charge in [0.25, 0.3) is 0 Å². The fourth-order valence-corrected chi connectivity index (χ4v) is 1.98. The second-order valence-electron chi connectivity index (χ2n) is 4.48. The first-order chi connectivity index (χ1) is 6.93. The molecule has 0 aliphatic carbocycles. The summed E-state index contributed by atoms with van der Waals surface area (Å²) < 4.78 is 0. The first kappa shape index (κ1) is 12.0. The fourth-order valence-electron chi connectivity index (χ4n) is 1.98. The zero-order valence-corrected chi connectivity index (χ0v) is 9.62. The van der Waals surface area contributed by atoms with E-state index >= 15 is 0 Å².